The Morgan fingerprint density at radius 3 is 2.14 bits per heavy atom. The monoisotopic (exact) mass is 199 g/mol. The molecule has 0 aromatic heterocycles. The van der Waals surface area contributed by atoms with Crippen LogP contribution >= 0.6 is 0 Å². The maximum absolute atomic E-state index is 12.5. The van der Waals surface area contributed by atoms with Gasteiger partial charge in [-0.3, -0.25) is 0 Å². The van der Waals surface area contributed by atoms with Gasteiger partial charge in [-0.05, 0) is 12.1 Å². The largest absolute Gasteiger partial charge is 0.496 e. The molecule has 0 saturated carbocycles. The molecule has 1 atom stereocenters. The van der Waals surface area contributed by atoms with E-state index in [1.807, 2.05) is 0 Å². The lowest BCUT2D eigenvalue weighted by atomic mass is 10.1. The van der Waals surface area contributed by atoms with Crippen molar-refractivity contribution in [3.63, 3.8) is 0 Å². The molecular weight excluding hydrogens is 185 g/mol. The van der Waals surface area contributed by atoms with Gasteiger partial charge in [0.05, 0.1) is 25.8 Å². The number of hydrogen-bond acceptors (Lipinski definition) is 3. The number of hydrogen-bond donors (Lipinski definition) is 1. The molecule has 0 aliphatic heterocycles. The van der Waals surface area contributed by atoms with Gasteiger partial charge in [0.15, 0.2) is 0 Å². The van der Waals surface area contributed by atoms with Crippen molar-refractivity contribution in [1.29, 1.82) is 0 Å². The van der Waals surface area contributed by atoms with E-state index in [-0.39, 0.29) is 0 Å². The van der Waals surface area contributed by atoms with Crippen LogP contribution in [-0.4, -0.2) is 20.9 Å². The van der Waals surface area contributed by atoms with E-state index in [0.29, 0.717) is 17.1 Å². The molecule has 0 saturated heterocycles. The highest BCUT2D eigenvalue weighted by atomic mass is 19.1. The Kier molecular flexibility index (Phi) is 3.71. The summed E-state index contributed by atoms with van der Waals surface area (Å²) >= 11 is 0. The molecule has 14 heavy (non-hydrogen) atoms. The number of nitrogens with two attached hydrogens (primary N) is 1. The molecule has 1 aromatic rings. The van der Waals surface area contributed by atoms with Crippen LogP contribution in [0, 0.1) is 0 Å². The molecule has 4 heteroatoms. The van der Waals surface area contributed by atoms with Gasteiger partial charge in [-0.25, -0.2) is 4.39 Å². The van der Waals surface area contributed by atoms with Gasteiger partial charge >= 0.3 is 0 Å². The van der Waals surface area contributed by atoms with Gasteiger partial charge in [0.1, 0.15) is 18.2 Å². The second-order valence-corrected chi connectivity index (χ2v) is 2.84. The Hall–Kier alpha value is -1.29. The predicted molar refractivity (Wildman–Crippen MR) is 52.4 cm³/mol. The summed E-state index contributed by atoms with van der Waals surface area (Å²) in [7, 11) is 3.03. The number of halogens is 1. The van der Waals surface area contributed by atoms with Crippen LogP contribution in [0.15, 0.2) is 18.2 Å². The molecule has 1 rings (SSSR count). The van der Waals surface area contributed by atoms with E-state index in [1.165, 1.54) is 14.2 Å². The Bertz CT molecular complexity index is 282. The normalized spacial score (nSPS) is 12.3. The third-order valence-corrected chi connectivity index (χ3v) is 2.00. The highest BCUT2D eigenvalue weighted by Crippen LogP contribution is 2.32. The first-order valence-electron chi connectivity index (χ1n) is 4.27. The van der Waals surface area contributed by atoms with Gasteiger partial charge in [0.25, 0.3) is 0 Å². The number of alkyl halides is 1. The molecule has 0 fully saturated rings. The molecule has 0 bridgehead atoms. The minimum absolute atomic E-state index is 0.550. The van der Waals surface area contributed by atoms with Crippen LogP contribution in [0.5, 0.6) is 11.5 Å². The van der Waals surface area contributed by atoms with Gasteiger partial charge in [0, 0.05) is 0 Å². The molecule has 0 unspecified atom stereocenters. The van der Waals surface area contributed by atoms with Crippen molar-refractivity contribution in [2.75, 3.05) is 20.9 Å². The predicted octanol–water partition coefficient (Wildman–Crippen LogP) is 1.67. The Morgan fingerprint density at radius 2 is 1.79 bits per heavy atom. The van der Waals surface area contributed by atoms with Crippen molar-refractivity contribution in [3.05, 3.63) is 23.8 Å². The Balaban J connectivity index is 3.18. The highest BCUT2D eigenvalue weighted by Gasteiger charge is 2.16. The highest BCUT2D eigenvalue weighted by molar-refractivity contribution is 5.46. The minimum Gasteiger partial charge on any atom is -0.496 e. The maximum atomic E-state index is 12.5. The zero-order valence-electron chi connectivity index (χ0n) is 8.29. The zero-order chi connectivity index (χ0) is 10.6. The molecule has 2 N–H and O–H groups in total. The van der Waals surface area contributed by atoms with Crippen LogP contribution in [0.1, 0.15) is 11.6 Å². The Labute approximate surface area is 82.6 Å². The maximum Gasteiger partial charge on any atom is 0.127 e. The Morgan fingerprint density at radius 1 is 1.29 bits per heavy atom. The number of rotatable bonds is 4. The summed E-state index contributed by atoms with van der Waals surface area (Å²) in [6, 6.07) is 4.52. The van der Waals surface area contributed by atoms with E-state index in [9.17, 15) is 4.39 Å². The van der Waals surface area contributed by atoms with Gasteiger partial charge in [-0.15, -0.1) is 0 Å². The van der Waals surface area contributed by atoms with Crippen molar-refractivity contribution in [3.8, 4) is 11.5 Å². The van der Waals surface area contributed by atoms with Crippen molar-refractivity contribution in [2.24, 2.45) is 5.73 Å². The standard InChI is InChI=1S/C10H14FNO2/c1-13-8-4-3-5-9(14-2)10(8)7(12)6-11/h3-5,7H,6,12H2,1-2H3/t7-/m1/s1. The molecule has 0 aliphatic rings. The molecule has 0 spiro atoms. The zero-order valence-corrected chi connectivity index (χ0v) is 8.29. The summed E-state index contributed by atoms with van der Waals surface area (Å²) < 4.78 is 22.6. The first kappa shape index (κ1) is 10.8. The summed E-state index contributed by atoms with van der Waals surface area (Å²) in [4.78, 5) is 0. The van der Waals surface area contributed by atoms with Gasteiger partial charge < -0.3 is 15.2 Å². The van der Waals surface area contributed by atoms with Crippen LogP contribution in [0.4, 0.5) is 4.39 Å². The third kappa shape index (κ3) is 1.96. The summed E-state index contributed by atoms with van der Waals surface area (Å²) in [5.41, 5.74) is 6.18. The van der Waals surface area contributed by atoms with Crippen LogP contribution < -0.4 is 15.2 Å². The first-order chi connectivity index (χ1) is 6.74. The van der Waals surface area contributed by atoms with E-state index in [1.54, 1.807) is 18.2 Å². The molecule has 0 radical (unpaired) electrons. The lowest BCUT2D eigenvalue weighted by Gasteiger charge is -2.16. The average molecular weight is 199 g/mol. The fourth-order valence-electron chi connectivity index (χ4n) is 1.32. The topological polar surface area (TPSA) is 44.5 Å². The van der Waals surface area contributed by atoms with Crippen molar-refractivity contribution in [2.45, 2.75) is 6.04 Å². The smallest absolute Gasteiger partial charge is 0.127 e. The average Bonchev–Trinajstić information content (AvgIpc) is 2.26. The fraction of sp³-hybridized carbons (Fsp3) is 0.400. The molecule has 78 valence electrons. The van der Waals surface area contributed by atoms with Crippen LogP contribution in [0.2, 0.25) is 0 Å². The van der Waals surface area contributed by atoms with Crippen LogP contribution in [0.25, 0.3) is 0 Å². The second-order valence-electron chi connectivity index (χ2n) is 2.84. The number of benzene rings is 1. The summed E-state index contributed by atoms with van der Waals surface area (Å²) in [5, 5.41) is 0. The quantitative estimate of drug-likeness (QED) is 0.802. The molecular formula is C10H14FNO2. The van der Waals surface area contributed by atoms with E-state index >= 15 is 0 Å². The number of methoxy groups -OCH3 is 2. The first-order valence-corrected chi connectivity index (χ1v) is 4.27. The molecule has 0 heterocycles. The van der Waals surface area contributed by atoms with Gasteiger partial charge in [-0.1, -0.05) is 6.07 Å². The van der Waals surface area contributed by atoms with Crippen molar-refractivity contribution in [1.82, 2.24) is 0 Å². The van der Waals surface area contributed by atoms with Gasteiger partial charge in [-0.2, -0.15) is 0 Å². The molecule has 1 aromatic carbocycles. The van der Waals surface area contributed by atoms with Crippen LogP contribution in [-0.2, 0) is 0 Å². The van der Waals surface area contributed by atoms with E-state index < -0.39 is 12.7 Å². The SMILES string of the molecule is COc1cccc(OC)c1[C@H](N)CF. The molecule has 0 amide bonds. The lowest BCUT2D eigenvalue weighted by Crippen LogP contribution is -2.14. The minimum atomic E-state index is -0.707. The van der Waals surface area contributed by atoms with E-state index in [2.05, 4.69) is 0 Å². The molecule has 3 nitrogen and oxygen atoms in total. The van der Waals surface area contributed by atoms with E-state index in [4.69, 9.17) is 15.2 Å². The fourth-order valence-corrected chi connectivity index (χ4v) is 1.32. The van der Waals surface area contributed by atoms with Crippen molar-refractivity contribution >= 4 is 0 Å². The van der Waals surface area contributed by atoms with Crippen molar-refractivity contribution < 1.29 is 13.9 Å². The van der Waals surface area contributed by atoms with Crippen LogP contribution in [0.3, 0.4) is 0 Å². The van der Waals surface area contributed by atoms with E-state index in [0.717, 1.165) is 0 Å². The lowest BCUT2D eigenvalue weighted by molar-refractivity contribution is 0.362. The number of ether oxygens (including phenoxy) is 2. The third-order valence-electron chi connectivity index (χ3n) is 2.00. The summed E-state index contributed by atoms with van der Waals surface area (Å²) in [6.07, 6.45) is 0. The molecule has 0 aliphatic carbocycles. The summed E-state index contributed by atoms with van der Waals surface area (Å²) in [5.74, 6) is 1.10. The summed E-state index contributed by atoms with van der Waals surface area (Å²) in [6.45, 7) is -0.642. The van der Waals surface area contributed by atoms with Gasteiger partial charge in [0.2, 0.25) is 0 Å². The second kappa shape index (κ2) is 4.81.